The Bertz CT molecular complexity index is 1070. The number of aryl methyl sites for hydroxylation is 3. The van der Waals surface area contributed by atoms with Crippen molar-refractivity contribution in [3.05, 3.63) is 58.7 Å². The number of nitrogens with zero attached hydrogens (tertiary/aromatic N) is 5. The molecule has 0 radical (unpaired) electrons. The molecule has 0 unspecified atom stereocenters. The predicted octanol–water partition coefficient (Wildman–Crippen LogP) is 2.40. The fraction of sp³-hybridized carbons (Fsp3) is 0.458. The zero-order valence-corrected chi connectivity index (χ0v) is 20.4. The molecule has 1 spiro atoms. The van der Waals surface area contributed by atoms with E-state index in [1.54, 1.807) is 31.4 Å². The van der Waals surface area contributed by atoms with Crippen molar-refractivity contribution >= 4 is 29.6 Å². The summed E-state index contributed by atoms with van der Waals surface area (Å²) in [6, 6.07) is 5.94. The Morgan fingerprint density at radius 3 is 2.58 bits per heavy atom. The molecule has 2 aromatic rings. The van der Waals surface area contributed by atoms with Crippen molar-refractivity contribution in [1.29, 1.82) is 0 Å². The third-order valence-corrected chi connectivity index (χ3v) is 7.31. The lowest BCUT2D eigenvalue weighted by atomic mass is 9.89. The van der Waals surface area contributed by atoms with Gasteiger partial charge >= 0.3 is 0 Å². The van der Waals surface area contributed by atoms with Crippen molar-refractivity contribution in [2.24, 2.45) is 4.99 Å². The lowest BCUT2D eigenvalue weighted by Crippen LogP contribution is -2.47. The predicted molar refractivity (Wildman–Crippen MR) is 130 cm³/mol. The molecule has 174 valence electrons. The molecule has 1 N–H and O–H groups in total. The summed E-state index contributed by atoms with van der Waals surface area (Å²) in [5, 5.41) is 2.91. The topological polar surface area (TPSA) is 90.8 Å². The molecule has 2 aliphatic rings. The number of rotatable bonds is 6. The third-order valence-electron chi connectivity index (χ3n) is 6.19. The van der Waals surface area contributed by atoms with Gasteiger partial charge in [0.15, 0.2) is 5.84 Å². The zero-order chi connectivity index (χ0) is 23.6. The molecular formula is C24H30N6O2S. The largest absolute Gasteiger partial charge is 0.345 e. The molecule has 1 fully saturated rings. The molecule has 3 heterocycles. The van der Waals surface area contributed by atoms with Crippen molar-refractivity contribution in [3.8, 4) is 0 Å². The first-order valence-electron chi connectivity index (χ1n) is 11.2. The highest BCUT2D eigenvalue weighted by atomic mass is 32.2. The van der Waals surface area contributed by atoms with E-state index in [1.165, 1.54) is 5.56 Å². The van der Waals surface area contributed by atoms with Crippen molar-refractivity contribution < 1.29 is 9.59 Å². The number of carbonyl (C=O) groups excluding carboxylic acids is 2. The van der Waals surface area contributed by atoms with Crippen LogP contribution < -0.4 is 5.32 Å². The van der Waals surface area contributed by atoms with E-state index in [0.717, 1.165) is 42.1 Å². The van der Waals surface area contributed by atoms with Gasteiger partial charge in [-0.05, 0) is 56.4 Å². The summed E-state index contributed by atoms with van der Waals surface area (Å²) in [6.45, 7) is 5.56. The van der Waals surface area contributed by atoms with Gasteiger partial charge < -0.3 is 10.2 Å². The van der Waals surface area contributed by atoms with Gasteiger partial charge in [-0.25, -0.2) is 9.98 Å². The Morgan fingerprint density at radius 2 is 1.94 bits per heavy atom. The summed E-state index contributed by atoms with van der Waals surface area (Å²) < 4.78 is 2.33. The van der Waals surface area contributed by atoms with Gasteiger partial charge in [-0.15, -0.1) is 0 Å². The molecule has 1 saturated heterocycles. The maximum Gasteiger partial charge on any atom is 0.253 e. The molecule has 9 heteroatoms. The van der Waals surface area contributed by atoms with Gasteiger partial charge in [0.05, 0.1) is 11.9 Å². The van der Waals surface area contributed by atoms with Gasteiger partial charge in [0.2, 0.25) is 0 Å². The summed E-state index contributed by atoms with van der Waals surface area (Å²) in [4.78, 5) is 39.8. The summed E-state index contributed by atoms with van der Waals surface area (Å²) in [7, 11) is 3.53. The average molecular weight is 467 g/mol. The van der Waals surface area contributed by atoms with Crippen LogP contribution in [0.2, 0.25) is 0 Å². The fourth-order valence-corrected chi connectivity index (χ4v) is 5.14. The number of nitrogens with one attached hydrogen (secondary N) is 1. The quantitative estimate of drug-likeness (QED) is 0.658. The lowest BCUT2D eigenvalue weighted by molar-refractivity contribution is -0.124. The Labute approximate surface area is 199 Å². The number of hydrogen-bond acceptors (Lipinski definition) is 7. The molecule has 0 atom stereocenters. The Kier molecular flexibility index (Phi) is 6.81. The van der Waals surface area contributed by atoms with E-state index >= 15 is 0 Å². The number of amidine groups is 1. The van der Waals surface area contributed by atoms with Crippen molar-refractivity contribution in [2.75, 3.05) is 32.9 Å². The Balaban J connectivity index is 1.30. The van der Waals surface area contributed by atoms with Crippen LogP contribution >= 0.6 is 11.9 Å². The summed E-state index contributed by atoms with van der Waals surface area (Å²) in [5.41, 5.74) is 3.87. The van der Waals surface area contributed by atoms with Gasteiger partial charge in [0.1, 0.15) is 11.2 Å². The minimum absolute atomic E-state index is 0.0254. The number of aliphatic imine (C=N–C) groups is 1. The van der Waals surface area contributed by atoms with E-state index in [9.17, 15) is 9.59 Å². The van der Waals surface area contributed by atoms with Gasteiger partial charge in [0, 0.05) is 44.7 Å². The van der Waals surface area contributed by atoms with E-state index in [4.69, 9.17) is 4.99 Å². The highest BCUT2D eigenvalue weighted by Crippen LogP contribution is 2.33. The third kappa shape index (κ3) is 5.09. The van der Waals surface area contributed by atoms with Crippen LogP contribution in [0.25, 0.3) is 0 Å². The highest BCUT2D eigenvalue weighted by molar-refractivity contribution is 7.97. The molecule has 0 bridgehead atoms. The van der Waals surface area contributed by atoms with Gasteiger partial charge in [0.25, 0.3) is 11.8 Å². The van der Waals surface area contributed by atoms with Crippen LogP contribution in [0.15, 0.2) is 35.6 Å². The number of aromatic nitrogens is 2. The first kappa shape index (κ1) is 23.4. The van der Waals surface area contributed by atoms with Gasteiger partial charge in [-0.2, -0.15) is 0 Å². The average Bonchev–Trinajstić information content (AvgIpc) is 3.11. The first-order chi connectivity index (χ1) is 15.8. The summed E-state index contributed by atoms with van der Waals surface area (Å²) in [5.74, 6) is 1.47. The summed E-state index contributed by atoms with van der Waals surface area (Å²) in [6.07, 6.45) is 5.65. The SMILES string of the molecule is Cc1cnc(C2=NC3(CCN(SCCc4ccc(C(=O)N(C)C)cc4C)CC3)C(=O)N2)cn1. The van der Waals surface area contributed by atoms with E-state index in [0.29, 0.717) is 24.4 Å². The fourth-order valence-electron chi connectivity index (χ4n) is 4.13. The number of piperidine rings is 1. The molecular weight excluding hydrogens is 436 g/mol. The van der Waals surface area contributed by atoms with Crippen LogP contribution in [0.5, 0.6) is 0 Å². The normalized spacial score (nSPS) is 17.7. The first-order valence-corrected chi connectivity index (χ1v) is 12.1. The molecule has 0 aliphatic carbocycles. The maximum absolute atomic E-state index is 12.7. The van der Waals surface area contributed by atoms with E-state index in [2.05, 4.69) is 32.6 Å². The van der Waals surface area contributed by atoms with Gasteiger partial charge in [-0.3, -0.25) is 18.9 Å². The van der Waals surface area contributed by atoms with E-state index in [1.807, 2.05) is 31.0 Å². The Morgan fingerprint density at radius 1 is 1.18 bits per heavy atom. The molecule has 4 rings (SSSR count). The van der Waals surface area contributed by atoms with Crippen LogP contribution in [0.4, 0.5) is 0 Å². The minimum Gasteiger partial charge on any atom is -0.345 e. The molecule has 1 aromatic heterocycles. The molecule has 0 saturated carbocycles. The second-order valence-electron chi connectivity index (χ2n) is 8.84. The number of carbonyl (C=O) groups is 2. The number of amides is 2. The van der Waals surface area contributed by atoms with Crippen LogP contribution in [-0.2, 0) is 11.2 Å². The minimum atomic E-state index is -0.690. The molecule has 8 nitrogen and oxygen atoms in total. The second kappa shape index (κ2) is 9.61. The number of hydrogen-bond donors (Lipinski definition) is 1. The number of benzene rings is 1. The molecule has 2 amide bonds. The van der Waals surface area contributed by atoms with Crippen molar-refractivity contribution in [2.45, 2.75) is 38.6 Å². The molecule has 2 aliphatic heterocycles. The summed E-state index contributed by atoms with van der Waals surface area (Å²) >= 11 is 1.81. The standard InChI is InChI=1S/C24H30N6O2S/c1-16-13-19(22(31)29(3)4)6-5-18(16)7-12-33-30-10-8-24(9-11-30)23(32)27-21(28-24)20-15-25-17(2)14-26-20/h5-6,13-15H,7-12H2,1-4H3,(H,27,28,32). The zero-order valence-electron chi connectivity index (χ0n) is 19.6. The van der Waals surface area contributed by atoms with E-state index < -0.39 is 5.54 Å². The monoisotopic (exact) mass is 466 g/mol. The maximum atomic E-state index is 12.7. The smallest absolute Gasteiger partial charge is 0.253 e. The van der Waals surface area contributed by atoms with Gasteiger partial charge in [-0.1, -0.05) is 18.0 Å². The van der Waals surface area contributed by atoms with Crippen molar-refractivity contribution in [3.63, 3.8) is 0 Å². The van der Waals surface area contributed by atoms with E-state index in [-0.39, 0.29) is 11.8 Å². The van der Waals surface area contributed by atoms with Crippen LogP contribution in [0.1, 0.15) is 45.7 Å². The van der Waals surface area contributed by atoms with Crippen LogP contribution in [-0.4, -0.2) is 75.3 Å². The lowest BCUT2D eigenvalue weighted by Gasteiger charge is -2.34. The van der Waals surface area contributed by atoms with Crippen LogP contribution in [0, 0.1) is 13.8 Å². The highest BCUT2D eigenvalue weighted by Gasteiger charge is 2.46. The van der Waals surface area contributed by atoms with Crippen LogP contribution in [0.3, 0.4) is 0 Å². The molecule has 1 aromatic carbocycles. The second-order valence-corrected chi connectivity index (χ2v) is 10.0. The van der Waals surface area contributed by atoms with Crippen molar-refractivity contribution in [1.82, 2.24) is 24.5 Å². The Hall–Kier alpha value is -2.78. The molecule has 33 heavy (non-hydrogen) atoms.